The number of rotatable bonds is 9. The van der Waals surface area contributed by atoms with Crippen LogP contribution in [-0.2, 0) is 11.2 Å². The van der Waals surface area contributed by atoms with Gasteiger partial charge in [-0.1, -0.05) is 48.0 Å². The largest absolute Gasteiger partial charge is 0.465 e. The topological polar surface area (TPSA) is 85.9 Å². The number of hydrogen-bond donors (Lipinski definition) is 1. The van der Waals surface area contributed by atoms with Crippen molar-refractivity contribution in [3.63, 3.8) is 0 Å². The Morgan fingerprint density at radius 1 is 1.03 bits per heavy atom. The first-order valence-electron chi connectivity index (χ1n) is 11.0. The predicted molar refractivity (Wildman–Crippen MR) is 132 cm³/mol. The number of methoxy groups -OCH3 is 1. The van der Waals surface area contributed by atoms with Crippen molar-refractivity contribution in [2.24, 2.45) is 0 Å². The van der Waals surface area contributed by atoms with E-state index in [0.29, 0.717) is 16.1 Å². The number of hydrogen-bond acceptors (Lipinski definition) is 5. The highest BCUT2D eigenvalue weighted by Crippen LogP contribution is 2.29. The Kier molecular flexibility index (Phi) is 8.82. The van der Waals surface area contributed by atoms with E-state index in [-0.39, 0.29) is 24.4 Å². The maximum atomic E-state index is 11.8. The summed E-state index contributed by atoms with van der Waals surface area (Å²) in [5.41, 5.74) is 4.16. The van der Waals surface area contributed by atoms with Crippen LogP contribution in [0.2, 0.25) is 5.02 Å². The minimum absolute atomic E-state index is 0.0248. The van der Waals surface area contributed by atoms with Crippen LogP contribution < -0.4 is 5.32 Å². The molecule has 1 N–H and O–H groups in total. The van der Waals surface area contributed by atoms with Gasteiger partial charge in [-0.05, 0) is 66.4 Å². The SMILES string of the molecule is COC(=O)c1ccc([C@H](CC#N)NC(C)C(Cc2ccc(Cl)cc2)c2cccc(C#N)c2)cc1. The third-order valence-electron chi connectivity index (χ3n) is 5.91. The molecule has 2 unspecified atom stereocenters. The minimum Gasteiger partial charge on any atom is -0.465 e. The van der Waals surface area contributed by atoms with Crippen LogP contribution in [0.25, 0.3) is 0 Å². The van der Waals surface area contributed by atoms with Crippen molar-refractivity contribution in [3.05, 3.63) is 106 Å². The van der Waals surface area contributed by atoms with Crippen LogP contribution in [0.3, 0.4) is 0 Å². The lowest BCUT2D eigenvalue weighted by Crippen LogP contribution is -2.36. The highest BCUT2D eigenvalue weighted by molar-refractivity contribution is 6.30. The first-order chi connectivity index (χ1) is 16.4. The third kappa shape index (κ3) is 6.45. The van der Waals surface area contributed by atoms with Crippen LogP contribution in [0.5, 0.6) is 0 Å². The Morgan fingerprint density at radius 3 is 2.35 bits per heavy atom. The molecule has 0 saturated carbocycles. The highest BCUT2D eigenvalue weighted by atomic mass is 35.5. The summed E-state index contributed by atoms with van der Waals surface area (Å²) in [6.45, 7) is 2.09. The number of halogens is 1. The molecule has 6 heteroatoms. The Labute approximate surface area is 205 Å². The van der Waals surface area contributed by atoms with Gasteiger partial charge in [0, 0.05) is 23.0 Å². The molecule has 0 fully saturated rings. The first-order valence-corrected chi connectivity index (χ1v) is 11.4. The second kappa shape index (κ2) is 12.0. The molecule has 3 atom stereocenters. The van der Waals surface area contributed by atoms with Crippen LogP contribution in [0, 0.1) is 22.7 Å². The van der Waals surface area contributed by atoms with Gasteiger partial charge in [0.1, 0.15) is 0 Å². The summed E-state index contributed by atoms with van der Waals surface area (Å²) >= 11 is 6.07. The monoisotopic (exact) mass is 471 g/mol. The van der Waals surface area contributed by atoms with Gasteiger partial charge in [0.15, 0.2) is 0 Å². The molecule has 5 nitrogen and oxygen atoms in total. The zero-order valence-electron chi connectivity index (χ0n) is 19.2. The Balaban J connectivity index is 1.89. The quantitative estimate of drug-likeness (QED) is 0.389. The van der Waals surface area contributed by atoms with Crippen LogP contribution >= 0.6 is 11.6 Å². The van der Waals surface area contributed by atoms with Gasteiger partial charge in [0.25, 0.3) is 0 Å². The van der Waals surface area contributed by atoms with Crippen molar-refractivity contribution in [3.8, 4) is 12.1 Å². The highest BCUT2D eigenvalue weighted by Gasteiger charge is 2.24. The predicted octanol–water partition coefficient (Wildman–Crippen LogP) is 5.96. The normalized spacial score (nSPS) is 13.2. The van der Waals surface area contributed by atoms with Crippen LogP contribution in [0.15, 0.2) is 72.8 Å². The van der Waals surface area contributed by atoms with Crippen LogP contribution in [0.4, 0.5) is 0 Å². The summed E-state index contributed by atoms with van der Waals surface area (Å²) in [5.74, 6) is -0.352. The standard InChI is InChI=1S/C28H26ClN3O2/c1-19(32-27(14-15-30)22-8-10-23(11-9-22)28(33)34-2)26(17-20-6-12-25(29)13-7-20)24-5-3-4-21(16-24)18-31/h3-13,16,19,26-27,32H,14,17H2,1-2H3/t19?,26?,27-/m0/s1. The molecule has 3 rings (SSSR count). The summed E-state index contributed by atoms with van der Waals surface area (Å²) in [5, 5.41) is 23.2. The number of benzene rings is 3. The summed E-state index contributed by atoms with van der Waals surface area (Å²) in [4.78, 5) is 11.8. The number of carbonyl (C=O) groups excluding carboxylic acids is 1. The lowest BCUT2D eigenvalue weighted by molar-refractivity contribution is 0.0600. The molecule has 0 bridgehead atoms. The van der Waals surface area contributed by atoms with E-state index in [1.165, 1.54) is 7.11 Å². The molecule has 0 heterocycles. The van der Waals surface area contributed by atoms with E-state index in [0.717, 1.165) is 23.1 Å². The van der Waals surface area contributed by atoms with E-state index >= 15 is 0 Å². The first kappa shape index (κ1) is 25.0. The zero-order valence-corrected chi connectivity index (χ0v) is 19.9. The Hall–Kier alpha value is -3.64. The van der Waals surface area contributed by atoms with Crippen molar-refractivity contribution < 1.29 is 9.53 Å². The van der Waals surface area contributed by atoms with Crippen LogP contribution in [-0.4, -0.2) is 19.1 Å². The fraction of sp³-hybridized carbons (Fsp3) is 0.250. The molecule has 0 saturated heterocycles. The van der Waals surface area contributed by atoms with E-state index in [4.69, 9.17) is 16.3 Å². The second-order valence-electron chi connectivity index (χ2n) is 8.16. The molecule has 0 aliphatic rings. The molecule has 0 radical (unpaired) electrons. The molecule has 0 spiro atoms. The smallest absolute Gasteiger partial charge is 0.337 e. The number of carbonyl (C=O) groups is 1. The maximum Gasteiger partial charge on any atom is 0.337 e. The van der Waals surface area contributed by atoms with E-state index in [2.05, 4.69) is 24.4 Å². The van der Waals surface area contributed by atoms with Crippen LogP contribution in [0.1, 0.15) is 57.9 Å². The molecule has 0 amide bonds. The summed E-state index contributed by atoms with van der Waals surface area (Å²) in [7, 11) is 1.35. The number of nitrogens with one attached hydrogen (secondary N) is 1. The number of esters is 1. The molecule has 34 heavy (non-hydrogen) atoms. The van der Waals surface area contributed by atoms with Gasteiger partial charge in [-0.15, -0.1) is 0 Å². The molecular formula is C28H26ClN3O2. The zero-order chi connectivity index (χ0) is 24.5. The van der Waals surface area contributed by atoms with Gasteiger partial charge in [0.2, 0.25) is 0 Å². The molecule has 3 aromatic carbocycles. The molecule has 0 aliphatic heterocycles. The van der Waals surface area contributed by atoms with E-state index in [1.807, 2.05) is 54.6 Å². The molecule has 0 aromatic heterocycles. The third-order valence-corrected chi connectivity index (χ3v) is 6.16. The number of ether oxygens (including phenoxy) is 1. The van der Waals surface area contributed by atoms with Crippen molar-refractivity contribution >= 4 is 17.6 Å². The fourth-order valence-corrected chi connectivity index (χ4v) is 4.19. The average Bonchev–Trinajstić information content (AvgIpc) is 2.87. The van der Waals surface area contributed by atoms with E-state index < -0.39 is 5.97 Å². The van der Waals surface area contributed by atoms with E-state index in [9.17, 15) is 15.3 Å². The number of nitriles is 2. The fourth-order valence-electron chi connectivity index (χ4n) is 4.06. The molecule has 172 valence electrons. The van der Waals surface area contributed by atoms with Gasteiger partial charge in [-0.25, -0.2) is 4.79 Å². The van der Waals surface area contributed by atoms with Crippen molar-refractivity contribution in [1.29, 1.82) is 10.5 Å². The van der Waals surface area contributed by atoms with Gasteiger partial charge >= 0.3 is 5.97 Å². The average molecular weight is 472 g/mol. The van der Waals surface area contributed by atoms with Crippen molar-refractivity contribution in [1.82, 2.24) is 5.32 Å². The van der Waals surface area contributed by atoms with Crippen molar-refractivity contribution in [2.75, 3.05) is 7.11 Å². The maximum absolute atomic E-state index is 11.8. The second-order valence-corrected chi connectivity index (χ2v) is 8.59. The minimum atomic E-state index is -0.398. The van der Waals surface area contributed by atoms with Gasteiger partial charge in [0.05, 0.1) is 36.8 Å². The summed E-state index contributed by atoms with van der Waals surface area (Å²) in [6, 6.07) is 26.7. The van der Waals surface area contributed by atoms with Gasteiger partial charge in [-0.2, -0.15) is 10.5 Å². The molecule has 0 aliphatic carbocycles. The van der Waals surface area contributed by atoms with Gasteiger partial charge < -0.3 is 10.1 Å². The number of nitrogens with zero attached hydrogens (tertiary/aromatic N) is 2. The Bertz CT molecular complexity index is 1190. The van der Waals surface area contributed by atoms with Gasteiger partial charge in [-0.3, -0.25) is 0 Å². The van der Waals surface area contributed by atoms with E-state index in [1.54, 1.807) is 18.2 Å². The summed E-state index contributed by atoms with van der Waals surface area (Å²) in [6.07, 6.45) is 1.01. The lowest BCUT2D eigenvalue weighted by atomic mass is 9.85. The molecule has 3 aromatic rings. The molecular weight excluding hydrogens is 446 g/mol. The Morgan fingerprint density at radius 2 is 1.74 bits per heavy atom. The van der Waals surface area contributed by atoms with Crippen molar-refractivity contribution in [2.45, 2.75) is 37.8 Å². The summed E-state index contributed by atoms with van der Waals surface area (Å²) < 4.78 is 4.77. The lowest BCUT2D eigenvalue weighted by Gasteiger charge is -2.30.